The van der Waals surface area contributed by atoms with Crippen LogP contribution in [-0.2, 0) is 14.3 Å². The van der Waals surface area contributed by atoms with Gasteiger partial charge in [0.15, 0.2) is 11.6 Å². The van der Waals surface area contributed by atoms with Crippen LogP contribution >= 0.6 is 0 Å². The molecule has 2 aromatic rings. The van der Waals surface area contributed by atoms with Crippen molar-refractivity contribution in [3.63, 3.8) is 0 Å². The Balaban J connectivity index is 1.28. The summed E-state index contributed by atoms with van der Waals surface area (Å²) < 4.78 is 30.5. The van der Waals surface area contributed by atoms with Gasteiger partial charge in [0.2, 0.25) is 0 Å². The molecule has 2 saturated heterocycles. The molecular weight excluding hydrogens is 437 g/mol. The molecule has 34 heavy (non-hydrogen) atoms. The van der Waals surface area contributed by atoms with E-state index in [4.69, 9.17) is 14.2 Å². The normalized spacial score (nSPS) is 23.1. The van der Waals surface area contributed by atoms with Crippen molar-refractivity contribution in [3.8, 4) is 16.9 Å². The number of hydrogen-bond donors (Lipinski definition) is 0. The Kier molecular flexibility index (Phi) is 6.06. The number of benzene rings is 2. The highest BCUT2D eigenvalue weighted by atomic mass is 19.1. The van der Waals surface area contributed by atoms with Gasteiger partial charge in [-0.05, 0) is 66.7 Å². The Hall–Kier alpha value is -2.93. The zero-order chi connectivity index (χ0) is 23.9. The fraction of sp³-hybridized carbons (Fsp3) is 0.481. The fourth-order valence-corrected chi connectivity index (χ4v) is 5.61. The van der Waals surface area contributed by atoms with Gasteiger partial charge in [-0.2, -0.15) is 0 Å². The minimum absolute atomic E-state index is 0.00688. The zero-order valence-corrected chi connectivity index (χ0v) is 19.6. The standard InChI is InChI=1S/C27H30FNO5/c1-32-23-15-19(26(31)33-2)14-20(24(23)28)17-5-7-18(8-6-17)21-16-27(21)9-11-29(12-10-27)25(30)22-4-3-13-34-22/h5-8,14-15,21-22H,3-4,9-13,16H2,1-2H3/t21?,22-/m1/s1. The van der Waals surface area contributed by atoms with Crippen molar-refractivity contribution >= 4 is 11.9 Å². The third kappa shape index (κ3) is 4.06. The summed E-state index contributed by atoms with van der Waals surface area (Å²) in [6, 6.07) is 10.7. The smallest absolute Gasteiger partial charge is 0.338 e. The summed E-state index contributed by atoms with van der Waals surface area (Å²) >= 11 is 0. The Labute approximate surface area is 199 Å². The molecule has 0 radical (unpaired) electrons. The van der Waals surface area contributed by atoms with E-state index in [-0.39, 0.29) is 28.7 Å². The largest absolute Gasteiger partial charge is 0.494 e. The van der Waals surface area contributed by atoms with E-state index < -0.39 is 11.8 Å². The maximum Gasteiger partial charge on any atom is 0.338 e. The van der Waals surface area contributed by atoms with Crippen LogP contribution in [0.25, 0.3) is 11.1 Å². The van der Waals surface area contributed by atoms with Crippen molar-refractivity contribution < 1.29 is 28.2 Å². The third-order valence-electron chi connectivity index (χ3n) is 7.77. The zero-order valence-electron chi connectivity index (χ0n) is 19.6. The van der Waals surface area contributed by atoms with Crippen molar-refractivity contribution in [2.24, 2.45) is 5.41 Å². The van der Waals surface area contributed by atoms with Crippen LogP contribution in [0.1, 0.15) is 53.9 Å². The van der Waals surface area contributed by atoms with E-state index in [2.05, 4.69) is 12.1 Å². The number of carbonyl (C=O) groups is 2. The number of piperidine rings is 1. The molecule has 0 bridgehead atoms. The maximum atomic E-state index is 15.0. The van der Waals surface area contributed by atoms with E-state index in [1.807, 2.05) is 17.0 Å². The van der Waals surface area contributed by atoms with Crippen molar-refractivity contribution in [3.05, 3.63) is 53.3 Å². The van der Waals surface area contributed by atoms with Crippen LogP contribution in [0.5, 0.6) is 5.75 Å². The summed E-state index contributed by atoms with van der Waals surface area (Å²) in [5.74, 6) is -0.426. The second kappa shape index (κ2) is 9.02. The molecule has 1 unspecified atom stereocenters. The number of carbonyl (C=O) groups excluding carboxylic acids is 2. The van der Waals surface area contributed by atoms with E-state index in [1.54, 1.807) is 0 Å². The molecule has 5 rings (SSSR count). The molecule has 1 amide bonds. The van der Waals surface area contributed by atoms with Gasteiger partial charge in [-0.1, -0.05) is 24.3 Å². The first-order valence-corrected chi connectivity index (χ1v) is 11.9. The van der Waals surface area contributed by atoms with Crippen LogP contribution in [0, 0.1) is 11.2 Å². The molecule has 1 aliphatic carbocycles. The average molecular weight is 468 g/mol. The van der Waals surface area contributed by atoms with Crippen LogP contribution in [0.3, 0.4) is 0 Å². The average Bonchev–Trinajstić information content (AvgIpc) is 3.29. The van der Waals surface area contributed by atoms with E-state index in [9.17, 15) is 14.0 Å². The van der Waals surface area contributed by atoms with Gasteiger partial charge in [0.1, 0.15) is 6.10 Å². The molecule has 1 spiro atoms. The quantitative estimate of drug-likeness (QED) is 0.603. The number of ether oxygens (including phenoxy) is 3. The van der Waals surface area contributed by atoms with Crippen LogP contribution in [0.4, 0.5) is 4.39 Å². The van der Waals surface area contributed by atoms with Gasteiger partial charge in [0, 0.05) is 25.3 Å². The number of halogens is 1. The number of amides is 1. The van der Waals surface area contributed by atoms with Gasteiger partial charge < -0.3 is 19.1 Å². The summed E-state index contributed by atoms with van der Waals surface area (Å²) in [6.07, 6.45) is 4.69. The molecule has 2 heterocycles. The van der Waals surface area contributed by atoms with E-state index in [0.29, 0.717) is 23.7 Å². The molecule has 2 aliphatic heterocycles. The number of rotatable bonds is 5. The summed E-state index contributed by atoms with van der Waals surface area (Å²) in [5.41, 5.74) is 2.72. The summed E-state index contributed by atoms with van der Waals surface area (Å²) in [7, 11) is 2.67. The van der Waals surface area contributed by atoms with Gasteiger partial charge in [-0.3, -0.25) is 4.79 Å². The number of nitrogens with zero attached hydrogens (tertiary/aromatic N) is 1. The summed E-state index contributed by atoms with van der Waals surface area (Å²) in [5, 5.41) is 0. The lowest BCUT2D eigenvalue weighted by Crippen LogP contribution is -2.44. The first-order chi connectivity index (χ1) is 16.5. The number of likely N-dealkylation sites (tertiary alicyclic amines) is 1. The SMILES string of the molecule is COC(=O)c1cc(OC)c(F)c(-c2ccc(C3CC34CCN(C(=O)[C@H]3CCCO3)CC4)cc2)c1. The molecule has 3 fully saturated rings. The Morgan fingerprint density at radius 2 is 1.85 bits per heavy atom. The van der Waals surface area contributed by atoms with Crippen molar-refractivity contribution in [1.29, 1.82) is 0 Å². The second-order valence-corrected chi connectivity index (χ2v) is 9.60. The monoisotopic (exact) mass is 467 g/mol. The first kappa shape index (κ1) is 22.8. The van der Waals surface area contributed by atoms with Crippen LogP contribution in [0.15, 0.2) is 36.4 Å². The molecule has 7 heteroatoms. The van der Waals surface area contributed by atoms with Gasteiger partial charge in [-0.15, -0.1) is 0 Å². The molecule has 0 aromatic heterocycles. The van der Waals surface area contributed by atoms with E-state index >= 15 is 0 Å². The van der Waals surface area contributed by atoms with Gasteiger partial charge >= 0.3 is 5.97 Å². The molecule has 6 nitrogen and oxygen atoms in total. The molecule has 2 aromatic carbocycles. The van der Waals surface area contributed by atoms with Gasteiger partial charge in [-0.25, -0.2) is 9.18 Å². The minimum Gasteiger partial charge on any atom is -0.494 e. The lowest BCUT2D eigenvalue weighted by atomic mass is 9.88. The van der Waals surface area contributed by atoms with Crippen molar-refractivity contribution in [2.75, 3.05) is 33.9 Å². The predicted molar refractivity (Wildman–Crippen MR) is 124 cm³/mol. The lowest BCUT2D eigenvalue weighted by Gasteiger charge is -2.34. The lowest BCUT2D eigenvalue weighted by molar-refractivity contribution is -0.142. The minimum atomic E-state index is -0.541. The summed E-state index contributed by atoms with van der Waals surface area (Å²) in [4.78, 5) is 26.6. The number of hydrogen-bond acceptors (Lipinski definition) is 5. The topological polar surface area (TPSA) is 65.1 Å². The number of methoxy groups -OCH3 is 2. The second-order valence-electron chi connectivity index (χ2n) is 9.60. The number of esters is 1. The van der Waals surface area contributed by atoms with Crippen molar-refractivity contribution in [2.45, 2.75) is 44.1 Å². The predicted octanol–water partition coefficient (Wildman–Crippen LogP) is 4.56. The molecular formula is C27H30FNO5. The highest BCUT2D eigenvalue weighted by molar-refractivity contribution is 5.92. The molecule has 0 N–H and O–H groups in total. The highest BCUT2D eigenvalue weighted by Gasteiger charge is 2.55. The molecule has 2 atom stereocenters. The van der Waals surface area contributed by atoms with Crippen LogP contribution < -0.4 is 4.74 Å². The van der Waals surface area contributed by atoms with Crippen LogP contribution in [-0.4, -0.2) is 56.8 Å². The summed E-state index contributed by atoms with van der Waals surface area (Å²) in [6.45, 7) is 2.27. The maximum absolute atomic E-state index is 15.0. The fourth-order valence-electron chi connectivity index (χ4n) is 5.61. The Bertz CT molecular complexity index is 1080. The van der Waals surface area contributed by atoms with Crippen molar-refractivity contribution in [1.82, 2.24) is 4.90 Å². The van der Waals surface area contributed by atoms with Gasteiger partial charge in [0.05, 0.1) is 19.8 Å². The highest BCUT2D eigenvalue weighted by Crippen LogP contribution is 2.65. The molecule has 1 saturated carbocycles. The van der Waals surface area contributed by atoms with Crippen LogP contribution in [0.2, 0.25) is 0 Å². The van der Waals surface area contributed by atoms with Gasteiger partial charge in [0.25, 0.3) is 5.91 Å². The van der Waals surface area contributed by atoms with E-state index in [0.717, 1.165) is 45.2 Å². The molecule has 180 valence electrons. The van der Waals surface area contributed by atoms with E-state index in [1.165, 1.54) is 31.9 Å². The Morgan fingerprint density at radius 1 is 1.12 bits per heavy atom. The third-order valence-corrected chi connectivity index (χ3v) is 7.77. The Morgan fingerprint density at radius 3 is 2.47 bits per heavy atom. The molecule has 3 aliphatic rings. The first-order valence-electron chi connectivity index (χ1n) is 11.9.